The summed E-state index contributed by atoms with van der Waals surface area (Å²) < 4.78 is 10.6. The molecule has 0 saturated carbocycles. The van der Waals surface area contributed by atoms with Crippen LogP contribution in [0.5, 0.6) is 0 Å². The van der Waals surface area contributed by atoms with Crippen molar-refractivity contribution in [3.05, 3.63) is 18.5 Å². The Morgan fingerprint density at radius 3 is 3.40 bits per heavy atom. The van der Waals surface area contributed by atoms with Crippen molar-refractivity contribution < 1.29 is 14.3 Å². The second-order valence-electron chi connectivity index (χ2n) is 4.71. The summed E-state index contributed by atoms with van der Waals surface area (Å²) in [6, 6.07) is 1.94. The molecule has 3 rings (SSSR count). The maximum absolute atomic E-state index is 10.9. The molecular formula is C13H16N4O3. The molecule has 1 atom stereocenters. The van der Waals surface area contributed by atoms with Gasteiger partial charge in [0.05, 0.1) is 18.3 Å². The van der Waals surface area contributed by atoms with Gasteiger partial charge in [-0.3, -0.25) is 14.9 Å². The summed E-state index contributed by atoms with van der Waals surface area (Å²) in [7, 11) is 0. The Bertz CT molecular complexity index is 612. The molecule has 1 saturated heterocycles. The van der Waals surface area contributed by atoms with Gasteiger partial charge in [0, 0.05) is 31.6 Å². The topological polar surface area (TPSA) is 80.3 Å². The summed E-state index contributed by atoms with van der Waals surface area (Å²) in [6.07, 6.45) is 3.38. The Morgan fingerprint density at radius 2 is 2.55 bits per heavy atom. The number of hydrogen-bond acceptors (Lipinski definition) is 6. The fourth-order valence-corrected chi connectivity index (χ4v) is 2.32. The highest BCUT2D eigenvalue weighted by Gasteiger charge is 2.24. The van der Waals surface area contributed by atoms with Crippen molar-refractivity contribution in [2.75, 3.05) is 31.2 Å². The second kappa shape index (κ2) is 5.46. The molecule has 7 nitrogen and oxygen atoms in total. The monoisotopic (exact) mass is 276 g/mol. The van der Waals surface area contributed by atoms with Crippen molar-refractivity contribution in [2.24, 2.45) is 0 Å². The minimum atomic E-state index is -0.290. The average Bonchev–Trinajstić information content (AvgIpc) is 2.89. The molecule has 7 heteroatoms. The van der Waals surface area contributed by atoms with Gasteiger partial charge in [-0.1, -0.05) is 0 Å². The number of ether oxygens (including phenoxy) is 2. The molecule has 0 aromatic carbocycles. The second-order valence-corrected chi connectivity index (χ2v) is 4.71. The highest BCUT2D eigenvalue weighted by molar-refractivity contribution is 5.89. The summed E-state index contributed by atoms with van der Waals surface area (Å²) in [5.41, 5.74) is 0.908. The van der Waals surface area contributed by atoms with Gasteiger partial charge in [0.25, 0.3) is 0 Å². The zero-order chi connectivity index (χ0) is 13.9. The van der Waals surface area contributed by atoms with Crippen molar-refractivity contribution in [3.63, 3.8) is 0 Å². The van der Waals surface area contributed by atoms with E-state index in [4.69, 9.17) is 9.47 Å². The third kappa shape index (κ3) is 2.57. The van der Waals surface area contributed by atoms with E-state index < -0.39 is 0 Å². The SMILES string of the molecule is CC(=O)OCC1CN(c2n[nH]c3cnccc23)CCO1. The molecule has 0 aliphatic carbocycles. The quantitative estimate of drug-likeness (QED) is 0.832. The van der Waals surface area contributed by atoms with E-state index in [9.17, 15) is 4.79 Å². The highest BCUT2D eigenvalue weighted by atomic mass is 16.6. The fraction of sp³-hybridized carbons (Fsp3) is 0.462. The Labute approximate surface area is 115 Å². The van der Waals surface area contributed by atoms with E-state index in [0.29, 0.717) is 13.2 Å². The minimum Gasteiger partial charge on any atom is -0.463 e. The van der Waals surface area contributed by atoms with E-state index in [0.717, 1.165) is 23.3 Å². The van der Waals surface area contributed by atoms with Gasteiger partial charge in [0.1, 0.15) is 12.7 Å². The van der Waals surface area contributed by atoms with Crippen LogP contribution in [-0.4, -0.2) is 53.6 Å². The molecular weight excluding hydrogens is 260 g/mol. The number of anilines is 1. The number of esters is 1. The van der Waals surface area contributed by atoms with Gasteiger partial charge in [-0.25, -0.2) is 0 Å². The van der Waals surface area contributed by atoms with Crippen molar-refractivity contribution in [1.82, 2.24) is 15.2 Å². The van der Waals surface area contributed by atoms with Gasteiger partial charge < -0.3 is 14.4 Å². The van der Waals surface area contributed by atoms with Crippen molar-refractivity contribution >= 4 is 22.7 Å². The third-order valence-corrected chi connectivity index (χ3v) is 3.26. The standard InChI is InChI=1S/C13H16N4O3/c1-9(18)20-8-10-7-17(4-5-19-10)13-11-2-3-14-6-12(11)15-16-13/h2-3,6,10H,4-5,7-8H2,1H3,(H,15,16). The first-order valence-electron chi connectivity index (χ1n) is 6.52. The van der Waals surface area contributed by atoms with Crippen LogP contribution in [0, 0.1) is 0 Å². The molecule has 0 spiro atoms. The minimum absolute atomic E-state index is 0.124. The molecule has 0 radical (unpaired) electrons. The van der Waals surface area contributed by atoms with Crippen LogP contribution in [0.2, 0.25) is 0 Å². The molecule has 2 aromatic heterocycles. The molecule has 2 aromatic rings. The van der Waals surface area contributed by atoms with Gasteiger partial charge in [-0.15, -0.1) is 0 Å². The molecule has 1 aliphatic heterocycles. The summed E-state index contributed by atoms with van der Waals surface area (Å²) in [5.74, 6) is 0.598. The van der Waals surface area contributed by atoms with E-state index >= 15 is 0 Å². The number of pyridine rings is 1. The first kappa shape index (κ1) is 12.9. The lowest BCUT2D eigenvalue weighted by molar-refractivity contribution is -0.145. The summed E-state index contributed by atoms with van der Waals surface area (Å²) in [4.78, 5) is 17.1. The molecule has 106 valence electrons. The number of carbonyl (C=O) groups excluding carboxylic acids is 1. The summed E-state index contributed by atoms with van der Waals surface area (Å²) >= 11 is 0. The number of carbonyl (C=O) groups is 1. The van der Waals surface area contributed by atoms with Gasteiger partial charge in [0.15, 0.2) is 5.82 Å². The Hall–Kier alpha value is -2.15. The Balaban J connectivity index is 1.75. The van der Waals surface area contributed by atoms with Gasteiger partial charge in [-0.05, 0) is 6.07 Å². The van der Waals surface area contributed by atoms with Crippen LogP contribution in [0.25, 0.3) is 10.9 Å². The van der Waals surface area contributed by atoms with Crippen LogP contribution < -0.4 is 4.90 Å². The molecule has 3 heterocycles. The number of aromatic amines is 1. The van der Waals surface area contributed by atoms with Crippen molar-refractivity contribution in [2.45, 2.75) is 13.0 Å². The molecule has 1 fully saturated rings. The third-order valence-electron chi connectivity index (χ3n) is 3.26. The number of hydrogen-bond donors (Lipinski definition) is 1. The maximum Gasteiger partial charge on any atom is 0.302 e. The zero-order valence-corrected chi connectivity index (χ0v) is 11.2. The van der Waals surface area contributed by atoms with Crippen LogP contribution in [-0.2, 0) is 14.3 Å². The fourth-order valence-electron chi connectivity index (χ4n) is 2.32. The van der Waals surface area contributed by atoms with Crippen molar-refractivity contribution in [3.8, 4) is 0 Å². The molecule has 1 aliphatic rings. The number of aromatic nitrogens is 3. The van der Waals surface area contributed by atoms with Crippen LogP contribution in [0.4, 0.5) is 5.82 Å². The predicted molar refractivity (Wildman–Crippen MR) is 72.5 cm³/mol. The number of morpholine rings is 1. The van der Waals surface area contributed by atoms with Crippen LogP contribution in [0.3, 0.4) is 0 Å². The number of nitrogens with one attached hydrogen (secondary N) is 1. The van der Waals surface area contributed by atoms with E-state index in [2.05, 4.69) is 20.1 Å². The van der Waals surface area contributed by atoms with Crippen LogP contribution in [0.15, 0.2) is 18.5 Å². The van der Waals surface area contributed by atoms with E-state index in [1.165, 1.54) is 6.92 Å². The van der Waals surface area contributed by atoms with Gasteiger partial charge in [0.2, 0.25) is 0 Å². The number of fused-ring (bicyclic) bond motifs is 1. The lowest BCUT2D eigenvalue weighted by atomic mass is 10.2. The highest BCUT2D eigenvalue weighted by Crippen LogP contribution is 2.24. The van der Waals surface area contributed by atoms with Crippen LogP contribution in [0.1, 0.15) is 6.92 Å². The summed E-state index contributed by atoms with van der Waals surface area (Å²) in [6.45, 7) is 3.67. The first-order chi connectivity index (χ1) is 9.74. The molecule has 1 unspecified atom stereocenters. The molecule has 1 N–H and O–H groups in total. The van der Waals surface area contributed by atoms with E-state index in [1.54, 1.807) is 12.4 Å². The molecule has 0 amide bonds. The largest absolute Gasteiger partial charge is 0.463 e. The molecule has 0 bridgehead atoms. The maximum atomic E-state index is 10.9. The first-order valence-corrected chi connectivity index (χ1v) is 6.52. The number of H-pyrrole nitrogens is 1. The molecule has 20 heavy (non-hydrogen) atoms. The number of nitrogens with zero attached hydrogens (tertiary/aromatic N) is 3. The Kier molecular flexibility index (Phi) is 3.51. The van der Waals surface area contributed by atoms with Crippen LogP contribution >= 0.6 is 0 Å². The number of rotatable bonds is 3. The average molecular weight is 276 g/mol. The van der Waals surface area contributed by atoms with Gasteiger partial charge >= 0.3 is 5.97 Å². The van der Waals surface area contributed by atoms with E-state index in [-0.39, 0.29) is 18.7 Å². The predicted octanol–water partition coefficient (Wildman–Crippen LogP) is 0.726. The zero-order valence-electron chi connectivity index (χ0n) is 11.2. The Morgan fingerprint density at radius 1 is 1.65 bits per heavy atom. The van der Waals surface area contributed by atoms with Crippen molar-refractivity contribution in [1.29, 1.82) is 0 Å². The lowest BCUT2D eigenvalue weighted by Gasteiger charge is -2.32. The normalized spacial score (nSPS) is 19.2. The van der Waals surface area contributed by atoms with E-state index in [1.807, 2.05) is 6.07 Å². The summed E-state index contributed by atoms with van der Waals surface area (Å²) in [5, 5.41) is 8.35. The lowest BCUT2D eigenvalue weighted by Crippen LogP contribution is -2.45. The smallest absolute Gasteiger partial charge is 0.302 e. The van der Waals surface area contributed by atoms with Gasteiger partial charge in [-0.2, -0.15) is 5.10 Å².